The summed E-state index contributed by atoms with van der Waals surface area (Å²) in [6.07, 6.45) is 2.13. The molecular weight excluding hydrogens is 320 g/mol. The second-order valence-electron chi connectivity index (χ2n) is 5.76. The first-order valence-corrected chi connectivity index (χ1v) is 8.73. The zero-order valence-corrected chi connectivity index (χ0v) is 14.8. The van der Waals surface area contributed by atoms with Crippen molar-refractivity contribution in [3.05, 3.63) is 63.9 Å². The summed E-state index contributed by atoms with van der Waals surface area (Å²) >= 11 is 1.56. The minimum Gasteiger partial charge on any atom is -0.349 e. The molecule has 6 heteroatoms. The standard InChI is InChI=1S/C18H20N4OS/c1-12(20-18(23)9-15-11-24-14(3)21-15)17-10-19-22(13(17)2)16-7-5-4-6-8-16/h4-8,10-12H,9H2,1-3H3,(H,20,23). The maximum atomic E-state index is 12.2. The molecule has 0 radical (unpaired) electrons. The van der Waals surface area contributed by atoms with Gasteiger partial charge in [-0.3, -0.25) is 4.79 Å². The van der Waals surface area contributed by atoms with Gasteiger partial charge < -0.3 is 5.32 Å². The van der Waals surface area contributed by atoms with Gasteiger partial charge in [0.05, 0.1) is 35.0 Å². The molecule has 3 rings (SSSR count). The lowest BCUT2D eigenvalue weighted by Gasteiger charge is -2.14. The molecule has 2 aromatic heterocycles. The summed E-state index contributed by atoms with van der Waals surface area (Å²) < 4.78 is 1.89. The minimum absolute atomic E-state index is 0.0281. The van der Waals surface area contributed by atoms with Crippen LogP contribution in [0.1, 0.15) is 34.9 Å². The number of para-hydroxylation sites is 1. The highest BCUT2D eigenvalue weighted by Crippen LogP contribution is 2.20. The minimum atomic E-state index is -0.102. The number of hydrogen-bond donors (Lipinski definition) is 1. The molecule has 0 fully saturated rings. The van der Waals surface area contributed by atoms with Crippen LogP contribution in [0.4, 0.5) is 0 Å². The predicted octanol–water partition coefficient (Wildman–Crippen LogP) is 3.37. The first-order valence-electron chi connectivity index (χ1n) is 7.85. The molecule has 0 saturated heterocycles. The monoisotopic (exact) mass is 340 g/mol. The average Bonchev–Trinajstić information content (AvgIpc) is 3.13. The fourth-order valence-corrected chi connectivity index (χ4v) is 3.31. The van der Waals surface area contributed by atoms with Crippen molar-refractivity contribution >= 4 is 17.2 Å². The predicted molar refractivity (Wildman–Crippen MR) is 95.4 cm³/mol. The van der Waals surface area contributed by atoms with Gasteiger partial charge in [0, 0.05) is 16.6 Å². The number of rotatable bonds is 5. The molecule has 0 aliphatic rings. The van der Waals surface area contributed by atoms with E-state index >= 15 is 0 Å². The molecule has 1 aromatic carbocycles. The Hall–Kier alpha value is -2.47. The largest absolute Gasteiger partial charge is 0.349 e. The molecule has 0 spiro atoms. The number of aromatic nitrogens is 3. The number of amides is 1. The molecule has 1 unspecified atom stereocenters. The van der Waals surface area contributed by atoms with Gasteiger partial charge in [-0.05, 0) is 32.9 Å². The number of aryl methyl sites for hydroxylation is 1. The van der Waals surface area contributed by atoms with E-state index in [1.54, 1.807) is 11.3 Å². The van der Waals surface area contributed by atoms with Crippen molar-refractivity contribution in [1.82, 2.24) is 20.1 Å². The Bertz CT molecular complexity index is 838. The van der Waals surface area contributed by atoms with Crippen LogP contribution in [0.15, 0.2) is 41.9 Å². The maximum absolute atomic E-state index is 12.2. The molecule has 2 heterocycles. The van der Waals surface area contributed by atoms with Crippen molar-refractivity contribution in [3.63, 3.8) is 0 Å². The zero-order chi connectivity index (χ0) is 17.1. The van der Waals surface area contributed by atoms with Gasteiger partial charge in [0.2, 0.25) is 5.91 Å². The lowest BCUT2D eigenvalue weighted by molar-refractivity contribution is -0.121. The van der Waals surface area contributed by atoms with Gasteiger partial charge in [0.15, 0.2) is 0 Å². The molecule has 3 aromatic rings. The van der Waals surface area contributed by atoms with E-state index in [2.05, 4.69) is 15.4 Å². The van der Waals surface area contributed by atoms with Crippen LogP contribution < -0.4 is 5.32 Å². The molecule has 0 bridgehead atoms. The van der Waals surface area contributed by atoms with Crippen LogP contribution in [0.5, 0.6) is 0 Å². The second-order valence-corrected chi connectivity index (χ2v) is 6.82. The Morgan fingerprint density at radius 3 is 2.71 bits per heavy atom. The zero-order valence-electron chi connectivity index (χ0n) is 14.0. The smallest absolute Gasteiger partial charge is 0.226 e. The van der Waals surface area contributed by atoms with Crippen LogP contribution >= 0.6 is 11.3 Å². The van der Waals surface area contributed by atoms with Gasteiger partial charge in [0.25, 0.3) is 0 Å². The summed E-state index contributed by atoms with van der Waals surface area (Å²) in [5.74, 6) is -0.0281. The Morgan fingerprint density at radius 2 is 2.04 bits per heavy atom. The third kappa shape index (κ3) is 3.54. The van der Waals surface area contributed by atoms with E-state index in [0.717, 1.165) is 27.6 Å². The van der Waals surface area contributed by atoms with Crippen molar-refractivity contribution in [3.8, 4) is 5.69 Å². The number of carbonyl (C=O) groups is 1. The third-order valence-electron chi connectivity index (χ3n) is 3.90. The molecule has 24 heavy (non-hydrogen) atoms. The molecule has 1 atom stereocenters. The summed E-state index contributed by atoms with van der Waals surface area (Å²) in [5, 5.41) is 10.4. The van der Waals surface area contributed by atoms with Crippen molar-refractivity contribution < 1.29 is 4.79 Å². The van der Waals surface area contributed by atoms with Crippen LogP contribution in [0.2, 0.25) is 0 Å². The number of nitrogens with one attached hydrogen (secondary N) is 1. The van der Waals surface area contributed by atoms with Crippen LogP contribution in [-0.2, 0) is 11.2 Å². The third-order valence-corrected chi connectivity index (χ3v) is 4.72. The number of benzene rings is 1. The summed E-state index contributed by atoms with van der Waals surface area (Å²) in [4.78, 5) is 16.6. The SMILES string of the molecule is Cc1nc(CC(=O)NC(C)c2cnn(-c3ccccc3)c2C)cs1. The summed E-state index contributed by atoms with van der Waals surface area (Å²) in [5.41, 5.74) is 3.87. The molecule has 1 N–H and O–H groups in total. The summed E-state index contributed by atoms with van der Waals surface area (Å²) in [7, 11) is 0. The Morgan fingerprint density at radius 1 is 1.29 bits per heavy atom. The highest BCUT2D eigenvalue weighted by Gasteiger charge is 2.17. The fraction of sp³-hybridized carbons (Fsp3) is 0.278. The van der Waals surface area contributed by atoms with Crippen molar-refractivity contribution in [2.75, 3.05) is 0 Å². The number of hydrogen-bond acceptors (Lipinski definition) is 4. The fourth-order valence-electron chi connectivity index (χ4n) is 2.70. The Balaban J connectivity index is 1.70. The Kier molecular flexibility index (Phi) is 4.76. The van der Waals surface area contributed by atoms with E-state index in [-0.39, 0.29) is 11.9 Å². The quantitative estimate of drug-likeness (QED) is 0.775. The van der Waals surface area contributed by atoms with Crippen LogP contribution in [0.25, 0.3) is 5.69 Å². The van der Waals surface area contributed by atoms with E-state index in [9.17, 15) is 4.79 Å². The van der Waals surface area contributed by atoms with E-state index < -0.39 is 0 Å². The highest BCUT2D eigenvalue weighted by molar-refractivity contribution is 7.09. The topological polar surface area (TPSA) is 59.8 Å². The molecule has 0 aliphatic heterocycles. The average molecular weight is 340 g/mol. The van der Waals surface area contributed by atoms with Crippen LogP contribution in [0.3, 0.4) is 0 Å². The molecule has 0 saturated carbocycles. The first kappa shape index (κ1) is 16.4. The number of nitrogens with zero attached hydrogens (tertiary/aromatic N) is 3. The van der Waals surface area contributed by atoms with Crippen LogP contribution in [-0.4, -0.2) is 20.7 Å². The van der Waals surface area contributed by atoms with E-state index in [1.165, 1.54) is 0 Å². The van der Waals surface area contributed by atoms with Crippen molar-refractivity contribution in [2.45, 2.75) is 33.2 Å². The maximum Gasteiger partial charge on any atom is 0.226 e. The lowest BCUT2D eigenvalue weighted by Crippen LogP contribution is -2.28. The van der Waals surface area contributed by atoms with E-state index in [0.29, 0.717) is 6.42 Å². The first-order chi connectivity index (χ1) is 11.5. The van der Waals surface area contributed by atoms with E-state index in [4.69, 9.17) is 0 Å². The van der Waals surface area contributed by atoms with E-state index in [1.807, 2.05) is 67.4 Å². The second kappa shape index (κ2) is 6.97. The van der Waals surface area contributed by atoms with Gasteiger partial charge in [0.1, 0.15) is 0 Å². The summed E-state index contributed by atoms with van der Waals surface area (Å²) in [6, 6.07) is 9.87. The molecule has 5 nitrogen and oxygen atoms in total. The van der Waals surface area contributed by atoms with Crippen molar-refractivity contribution in [1.29, 1.82) is 0 Å². The molecular formula is C18H20N4OS. The molecule has 124 valence electrons. The number of thiazole rings is 1. The van der Waals surface area contributed by atoms with Gasteiger partial charge in [-0.1, -0.05) is 18.2 Å². The molecule has 0 aliphatic carbocycles. The van der Waals surface area contributed by atoms with Gasteiger partial charge in [-0.15, -0.1) is 11.3 Å². The number of carbonyl (C=O) groups excluding carboxylic acids is 1. The normalized spacial score (nSPS) is 12.1. The lowest BCUT2D eigenvalue weighted by atomic mass is 10.1. The Labute approximate surface area is 145 Å². The van der Waals surface area contributed by atoms with Crippen LogP contribution in [0, 0.1) is 13.8 Å². The molecule has 1 amide bonds. The van der Waals surface area contributed by atoms with Crippen molar-refractivity contribution in [2.24, 2.45) is 0 Å². The van der Waals surface area contributed by atoms with Gasteiger partial charge in [-0.2, -0.15) is 5.10 Å². The van der Waals surface area contributed by atoms with Gasteiger partial charge >= 0.3 is 0 Å². The van der Waals surface area contributed by atoms with Gasteiger partial charge in [-0.25, -0.2) is 9.67 Å². The summed E-state index contributed by atoms with van der Waals surface area (Å²) in [6.45, 7) is 5.93. The highest BCUT2D eigenvalue weighted by atomic mass is 32.1.